The lowest BCUT2D eigenvalue weighted by atomic mass is 10.2. The zero-order chi connectivity index (χ0) is 10.6. The van der Waals surface area contributed by atoms with E-state index in [4.69, 9.17) is 5.73 Å². The van der Waals surface area contributed by atoms with Gasteiger partial charge < -0.3 is 11.1 Å². The first-order valence-electron chi connectivity index (χ1n) is 5.07. The molecule has 0 atom stereocenters. The Balaban J connectivity index is 2.56. The van der Waals surface area contributed by atoms with E-state index in [2.05, 4.69) is 36.2 Å². The zero-order valence-corrected chi connectivity index (χ0v) is 9.12. The van der Waals surface area contributed by atoms with Crippen LogP contribution in [0, 0.1) is 5.92 Å². The van der Waals surface area contributed by atoms with Crippen LogP contribution in [-0.2, 0) is 6.54 Å². The lowest BCUT2D eigenvalue weighted by Gasteiger charge is -2.03. The monoisotopic (exact) mass is 197 g/mol. The second-order valence-electron chi connectivity index (χ2n) is 3.79. The molecule has 0 aliphatic heterocycles. The summed E-state index contributed by atoms with van der Waals surface area (Å²) < 4.78 is 1.72. The second-order valence-corrected chi connectivity index (χ2v) is 3.79. The van der Waals surface area contributed by atoms with E-state index < -0.39 is 0 Å². The second kappa shape index (κ2) is 4.83. The molecule has 3 N–H and O–H groups in total. The molecule has 14 heavy (non-hydrogen) atoms. The Morgan fingerprint density at radius 2 is 2.21 bits per heavy atom. The number of hydrogen-bond donors (Lipinski definition) is 2. The van der Waals surface area contributed by atoms with Crippen molar-refractivity contribution >= 4 is 11.9 Å². The van der Waals surface area contributed by atoms with E-state index in [0.717, 1.165) is 19.5 Å². The quantitative estimate of drug-likeness (QED) is 0.747. The molecule has 1 rings (SSSR count). The molecule has 0 fully saturated rings. The Morgan fingerprint density at radius 1 is 1.50 bits per heavy atom. The topological polar surface area (TPSA) is 68.8 Å². The SMILES string of the molecule is CCCn1nc(NCC(C)C)nc1N. The molecule has 0 aromatic carbocycles. The van der Waals surface area contributed by atoms with Crippen molar-refractivity contribution in [2.24, 2.45) is 5.92 Å². The number of nitrogens with one attached hydrogen (secondary N) is 1. The molecule has 0 amide bonds. The number of rotatable bonds is 5. The third-order valence-electron chi connectivity index (χ3n) is 1.80. The van der Waals surface area contributed by atoms with Crippen LogP contribution in [-0.4, -0.2) is 21.3 Å². The van der Waals surface area contributed by atoms with Crippen LogP contribution >= 0.6 is 0 Å². The molecule has 0 saturated carbocycles. The van der Waals surface area contributed by atoms with E-state index >= 15 is 0 Å². The normalized spacial score (nSPS) is 10.9. The lowest BCUT2D eigenvalue weighted by Crippen LogP contribution is -2.09. The van der Waals surface area contributed by atoms with Gasteiger partial charge in [-0.25, -0.2) is 4.68 Å². The fourth-order valence-corrected chi connectivity index (χ4v) is 1.10. The summed E-state index contributed by atoms with van der Waals surface area (Å²) in [6.45, 7) is 8.05. The zero-order valence-electron chi connectivity index (χ0n) is 9.12. The van der Waals surface area contributed by atoms with Gasteiger partial charge in [0, 0.05) is 13.1 Å². The minimum atomic E-state index is 0.484. The summed E-state index contributed by atoms with van der Waals surface area (Å²) in [6, 6.07) is 0. The van der Waals surface area contributed by atoms with Crippen LogP contribution in [0.3, 0.4) is 0 Å². The van der Waals surface area contributed by atoms with E-state index in [1.54, 1.807) is 4.68 Å². The molecule has 0 aliphatic rings. The maximum absolute atomic E-state index is 5.68. The molecule has 80 valence electrons. The summed E-state index contributed by atoms with van der Waals surface area (Å²) >= 11 is 0. The maximum atomic E-state index is 5.68. The van der Waals surface area contributed by atoms with Gasteiger partial charge in [0.25, 0.3) is 0 Å². The summed E-state index contributed by atoms with van der Waals surface area (Å²) in [5.41, 5.74) is 5.68. The third-order valence-corrected chi connectivity index (χ3v) is 1.80. The largest absolute Gasteiger partial charge is 0.368 e. The van der Waals surface area contributed by atoms with Crippen LogP contribution < -0.4 is 11.1 Å². The average molecular weight is 197 g/mol. The Hall–Kier alpha value is -1.26. The molecule has 0 bridgehead atoms. The van der Waals surface area contributed by atoms with Gasteiger partial charge in [0.1, 0.15) is 0 Å². The minimum Gasteiger partial charge on any atom is -0.368 e. The van der Waals surface area contributed by atoms with Crippen LogP contribution in [0.1, 0.15) is 27.2 Å². The molecule has 1 heterocycles. The van der Waals surface area contributed by atoms with E-state index in [1.165, 1.54) is 0 Å². The molecule has 0 spiro atoms. The molecular weight excluding hydrogens is 178 g/mol. The van der Waals surface area contributed by atoms with Crippen molar-refractivity contribution < 1.29 is 0 Å². The van der Waals surface area contributed by atoms with Gasteiger partial charge >= 0.3 is 0 Å². The fraction of sp³-hybridized carbons (Fsp3) is 0.778. The van der Waals surface area contributed by atoms with Gasteiger partial charge in [-0.05, 0) is 12.3 Å². The molecule has 5 heteroatoms. The van der Waals surface area contributed by atoms with Crippen LogP contribution in [0.25, 0.3) is 0 Å². The Morgan fingerprint density at radius 3 is 2.79 bits per heavy atom. The lowest BCUT2D eigenvalue weighted by molar-refractivity contribution is 0.609. The predicted molar refractivity (Wildman–Crippen MR) is 58.1 cm³/mol. The Bertz CT molecular complexity index is 279. The van der Waals surface area contributed by atoms with Gasteiger partial charge in [0.2, 0.25) is 11.9 Å². The Kier molecular flexibility index (Phi) is 3.73. The standard InChI is InChI=1S/C9H19N5/c1-4-5-14-8(10)12-9(13-14)11-6-7(2)3/h7H,4-6H2,1-3H3,(H3,10,11,12,13). The highest BCUT2D eigenvalue weighted by Crippen LogP contribution is 2.06. The number of nitrogens with two attached hydrogens (primary N) is 1. The van der Waals surface area contributed by atoms with Crippen LogP contribution in [0.2, 0.25) is 0 Å². The van der Waals surface area contributed by atoms with Crippen molar-refractivity contribution in [3.8, 4) is 0 Å². The highest BCUT2D eigenvalue weighted by Gasteiger charge is 2.05. The van der Waals surface area contributed by atoms with Crippen LogP contribution in [0.4, 0.5) is 11.9 Å². The molecule has 0 saturated heterocycles. The van der Waals surface area contributed by atoms with Gasteiger partial charge in [-0.2, -0.15) is 4.98 Å². The third kappa shape index (κ3) is 2.90. The number of nitrogen functional groups attached to an aromatic ring is 1. The first kappa shape index (κ1) is 10.8. The number of nitrogens with zero attached hydrogens (tertiary/aromatic N) is 3. The van der Waals surface area contributed by atoms with Crippen molar-refractivity contribution in [1.29, 1.82) is 0 Å². The van der Waals surface area contributed by atoms with Crippen molar-refractivity contribution in [1.82, 2.24) is 14.8 Å². The van der Waals surface area contributed by atoms with Crippen molar-refractivity contribution in [3.05, 3.63) is 0 Å². The van der Waals surface area contributed by atoms with E-state index in [0.29, 0.717) is 17.8 Å². The van der Waals surface area contributed by atoms with Crippen LogP contribution in [0.15, 0.2) is 0 Å². The summed E-state index contributed by atoms with van der Waals surface area (Å²) in [4.78, 5) is 4.12. The number of hydrogen-bond acceptors (Lipinski definition) is 4. The summed E-state index contributed by atoms with van der Waals surface area (Å²) in [7, 11) is 0. The highest BCUT2D eigenvalue weighted by atomic mass is 15.4. The number of aromatic nitrogens is 3. The van der Waals surface area contributed by atoms with Crippen molar-refractivity contribution in [3.63, 3.8) is 0 Å². The minimum absolute atomic E-state index is 0.484. The maximum Gasteiger partial charge on any atom is 0.243 e. The smallest absolute Gasteiger partial charge is 0.243 e. The van der Waals surface area contributed by atoms with Gasteiger partial charge in [0.05, 0.1) is 0 Å². The molecule has 5 nitrogen and oxygen atoms in total. The van der Waals surface area contributed by atoms with E-state index in [-0.39, 0.29) is 0 Å². The summed E-state index contributed by atoms with van der Waals surface area (Å²) in [6.07, 6.45) is 1.01. The molecule has 0 aliphatic carbocycles. The summed E-state index contributed by atoms with van der Waals surface area (Å²) in [5.74, 6) is 1.69. The predicted octanol–water partition coefficient (Wildman–Crippen LogP) is 1.34. The highest BCUT2D eigenvalue weighted by molar-refractivity contribution is 5.31. The van der Waals surface area contributed by atoms with Crippen molar-refractivity contribution in [2.75, 3.05) is 17.6 Å². The molecule has 0 radical (unpaired) electrons. The summed E-state index contributed by atoms with van der Waals surface area (Å²) in [5, 5.41) is 7.38. The first-order valence-corrected chi connectivity index (χ1v) is 5.07. The van der Waals surface area contributed by atoms with E-state index in [9.17, 15) is 0 Å². The number of anilines is 2. The van der Waals surface area contributed by atoms with Crippen LogP contribution in [0.5, 0.6) is 0 Å². The average Bonchev–Trinajstić information content (AvgIpc) is 2.45. The molecule has 0 unspecified atom stereocenters. The fourth-order valence-electron chi connectivity index (χ4n) is 1.10. The molecule has 1 aromatic rings. The molecule has 1 aromatic heterocycles. The van der Waals surface area contributed by atoms with Gasteiger partial charge in [-0.3, -0.25) is 0 Å². The van der Waals surface area contributed by atoms with Gasteiger partial charge in [-0.1, -0.05) is 20.8 Å². The molecular formula is C9H19N5. The number of aryl methyl sites for hydroxylation is 1. The Labute approximate surface area is 84.7 Å². The van der Waals surface area contributed by atoms with Crippen molar-refractivity contribution in [2.45, 2.75) is 33.7 Å². The van der Waals surface area contributed by atoms with E-state index in [1.807, 2.05) is 0 Å². The van der Waals surface area contributed by atoms with Gasteiger partial charge in [0.15, 0.2) is 0 Å². The van der Waals surface area contributed by atoms with Gasteiger partial charge in [-0.15, -0.1) is 5.10 Å². The first-order chi connectivity index (χ1) is 6.63.